The van der Waals surface area contributed by atoms with Crippen LogP contribution in [0.3, 0.4) is 0 Å². The third kappa shape index (κ3) is 2.77. The molecule has 1 amide bonds. The Bertz CT molecular complexity index is 548. The minimum atomic E-state index is 0.0324. The molecule has 2 aromatic rings. The van der Waals surface area contributed by atoms with Gasteiger partial charge in [0.05, 0.1) is 0 Å². The third-order valence-corrected chi connectivity index (χ3v) is 2.56. The van der Waals surface area contributed by atoms with E-state index in [1.54, 1.807) is 4.52 Å². The molecule has 2 aromatic heterocycles. The van der Waals surface area contributed by atoms with Gasteiger partial charge in [-0.2, -0.15) is 4.98 Å². The summed E-state index contributed by atoms with van der Waals surface area (Å²) in [4.78, 5) is 15.6. The molecule has 0 bridgehead atoms. The number of hydrogen-bond acceptors (Lipinski definition) is 4. The Labute approximate surface area is 105 Å². The second-order valence-corrected chi connectivity index (χ2v) is 4.00. The number of aryl methyl sites for hydroxylation is 1. The van der Waals surface area contributed by atoms with Crippen molar-refractivity contribution in [2.45, 2.75) is 20.3 Å². The van der Waals surface area contributed by atoms with Gasteiger partial charge < -0.3 is 10.6 Å². The SMILES string of the molecule is CCNC(=O)CCNc1nc2cccc(C)n2n1. The van der Waals surface area contributed by atoms with Gasteiger partial charge in [0.1, 0.15) is 0 Å². The predicted molar refractivity (Wildman–Crippen MR) is 69.5 cm³/mol. The number of carbonyl (C=O) groups is 1. The van der Waals surface area contributed by atoms with Crippen LogP contribution in [0.1, 0.15) is 19.0 Å². The van der Waals surface area contributed by atoms with Crippen molar-refractivity contribution in [2.75, 3.05) is 18.4 Å². The van der Waals surface area contributed by atoms with Crippen molar-refractivity contribution in [3.8, 4) is 0 Å². The minimum Gasteiger partial charge on any atom is -0.356 e. The number of hydrogen-bond donors (Lipinski definition) is 2. The molecule has 0 aromatic carbocycles. The summed E-state index contributed by atoms with van der Waals surface area (Å²) in [6, 6.07) is 5.81. The summed E-state index contributed by atoms with van der Waals surface area (Å²) in [5.41, 5.74) is 1.83. The zero-order valence-corrected chi connectivity index (χ0v) is 10.6. The summed E-state index contributed by atoms with van der Waals surface area (Å²) in [6.45, 7) is 5.06. The highest BCUT2D eigenvalue weighted by molar-refractivity contribution is 5.76. The molecule has 6 nitrogen and oxygen atoms in total. The van der Waals surface area contributed by atoms with Crippen LogP contribution in [0.5, 0.6) is 0 Å². The van der Waals surface area contributed by atoms with Crippen LogP contribution >= 0.6 is 0 Å². The smallest absolute Gasteiger partial charge is 0.243 e. The number of nitrogens with one attached hydrogen (secondary N) is 2. The lowest BCUT2D eigenvalue weighted by Crippen LogP contribution is -2.24. The Morgan fingerprint density at radius 2 is 2.28 bits per heavy atom. The first-order valence-corrected chi connectivity index (χ1v) is 6.03. The fourth-order valence-corrected chi connectivity index (χ4v) is 1.68. The van der Waals surface area contributed by atoms with Crippen molar-refractivity contribution in [3.63, 3.8) is 0 Å². The molecule has 2 N–H and O–H groups in total. The van der Waals surface area contributed by atoms with Gasteiger partial charge in [0, 0.05) is 25.2 Å². The lowest BCUT2D eigenvalue weighted by atomic mass is 10.4. The molecule has 0 fully saturated rings. The van der Waals surface area contributed by atoms with E-state index in [1.807, 2.05) is 32.0 Å². The van der Waals surface area contributed by atoms with Crippen molar-refractivity contribution in [1.29, 1.82) is 0 Å². The molecular formula is C12H17N5O. The highest BCUT2D eigenvalue weighted by Gasteiger charge is 2.05. The van der Waals surface area contributed by atoms with Crippen molar-refractivity contribution in [2.24, 2.45) is 0 Å². The van der Waals surface area contributed by atoms with Crippen LogP contribution < -0.4 is 10.6 Å². The first-order valence-electron chi connectivity index (χ1n) is 6.03. The molecule has 2 rings (SSSR count). The molecule has 0 saturated carbocycles. The molecule has 0 saturated heterocycles. The normalized spacial score (nSPS) is 10.6. The topological polar surface area (TPSA) is 71.3 Å². The van der Waals surface area contributed by atoms with Gasteiger partial charge in [-0.15, -0.1) is 5.10 Å². The van der Waals surface area contributed by atoms with Crippen molar-refractivity contribution in [1.82, 2.24) is 19.9 Å². The fraction of sp³-hybridized carbons (Fsp3) is 0.417. The molecule has 0 aliphatic rings. The summed E-state index contributed by atoms with van der Waals surface area (Å²) >= 11 is 0. The van der Waals surface area contributed by atoms with E-state index in [2.05, 4.69) is 20.7 Å². The van der Waals surface area contributed by atoms with Crippen LogP contribution in [0.2, 0.25) is 0 Å². The standard InChI is InChI=1S/C12H17N5O/c1-3-13-11(18)7-8-14-12-15-10-6-4-5-9(2)17(10)16-12/h4-6H,3,7-8H2,1-2H3,(H,13,18)(H,14,16). The van der Waals surface area contributed by atoms with E-state index in [-0.39, 0.29) is 5.91 Å². The van der Waals surface area contributed by atoms with Crippen molar-refractivity contribution < 1.29 is 4.79 Å². The highest BCUT2D eigenvalue weighted by Crippen LogP contribution is 2.07. The summed E-state index contributed by atoms with van der Waals surface area (Å²) in [5, 5.41) is 10.1. The van der Waals surface area contributed by atoms with Crippen molar-refractivity contribution >= 4 is 17.5 Å². The zero-order chi connectivity index (χ0) is 13.0. The molecule has 0 aliphatic carbocycles. The van der Waals surface area contributed by atoms with Crippen molar-refractivity contribution in [3.05, 3.63) is 23.9 Å². The lowest BCUT2D eigenvalue weighted by molar-refractivity contribution is -0.120. The van der Waals surface area contributed by atoms with E-state index < -0.39 is 0 Å². The summed E-state index contributed by atoms with van der Waals surface area (Å²) in [6.07, 6.45) is 0.419. The first kappa shape index (κ1) is 12.3. The Hall–Kier alpha value is -2.11. The number of rotatable bonds is 5. The van der Waals surface area contributed by atoms with Crippen LogP contribution in [0, 0.1) is 6.92 Å². The molecule has 96 valence electrons. The van der Waals surface area contributed by atoms with E-state index in [0.29, 0.717) is 25.5 Å². The summed E-state index contributed by atoms with van der Waals surface area (Å²) < 4.78 is 1.77. The maximum Gasteiger partial charge on any atom is 0.243 e. The number of pyridine rings is 1. The predicted octanol–water partition coefficient (Wildman–Crippen LogP) is 0.976. The fourth-order valence-electron chi connectivity index (χ4n) is 1.68. The van der Waals surface area contributed by atoms with Gasteiger partial charge in [-0.05, 0) is 26.0 Å². The number of carbonyl (C=O) groups excluding carboxylic acids is 1. The van der Waals surface area contributed by atoms with Gasteiger partial charge in [0.2, 0.25) is 11.9 Å². The summed E-state index contributed by atoms with van der Waals surface area (Å²) in [7, 11) is 0. The van der Waals surface area contributed by atoms with Crippen LogP contribution in [0.25, 0.3) is 5.65 Å². The average Bonchev–Trinajstić information content (AvgIpc) is 2.74. The van der Waals surface area contributed by atoms with Crippen LogP contribution in [-0.2, 0) is 4.79 Å². The van der Waals surface area contributed by atoms with E-state index >= 15 is 0 Å². The number of nitrogens with zero attached hydrogens (tertiary/aromatic N) is 3. The van der Waals surface area contributed by atoms with Crippen LogP contribution in [0.4, 0.5) is 5.95 Å². The number of anilines is 1. The van der Waals surface area contributed by atoms with Gasteiger partial charge in [0.15, 0.2) is 5.65 Å². The molecule has 0 radical (unpaired) electrons. The van der Waals surface area contributed by atoms with Gasteiger partial charge in [-0.1, -0.05) is 6.07 Å². The number of aromatic nitrogens is 3. The molecule has 0 atom stereocenters. The van der Waals surface area contributed by atoms with Gasteiger partial charge in [0.25, 0.3) is 0 Å². The average molecular weight is 247 g/mol. The van der Waals surface area contributed by atoms with Crippen LogP contribution in [-0.4, -0.2) is 33.6 Å². The quantitative estimate of drug-likeness (QED) is 0.826. The van der Waals surface area contributed by atoms with E-state index in [4.69, 9.17) is 0 Å². The third-order valence-electron chi connectivity index (χ3n) is 2.56. The second-order valence-electron chi connectivity index (χ2n) is 4.00. The minimum absolute atomic E-state index is 0.0324. The van der Waals surface area contributed by atoms with Gasteiger partial charge in [-0.3, -0.25) is 4.79 Å². The highest BCUT2D eigenvalue weighted by atomic mass is 16.1. The first-order chi connectivity index (χ1) is 8.70. The maximum absolute atomic E-state index is 11.3. The Balaban J connectivity index is 1.96. The monoisotopic (exact) mass is 247 g/mol. The van der Waals surface area contributed by atoms with E-state index in [9.17, 15) is 4.79 Å². The largest absolute Gasteiger partial charge is 0.356 e. The van der Waals surface area contributed by atoms with Gasteiger partial charge >= 0.3 is 0 Å². The zero-order valence-electron chi connectivity index (χ0n) is 10.6. The molecular weight excluding hydrogens is 230 g/mol. The Morgan fingerprint density at radius 1 is 1.44 bits per heavy atom. The molecule has 18 heavy (non-hydrogen) atoms. The molecule has 2 heterocycles. The summed E-state index contributed by atoms with van der Waals surface area (Å²) in [5.74, 6) is 0.582. The number of fused-ring (bicyclic) bond motifs is 1. The molecule has 0 spiro atoms. The Kier molecular flexibility index (Phi) is 3.76. The molecule has 0 unspecified atom stereocenters. The van der Waals surface area contributed by atoms with Crippen LogP contribution in [0.15, 0.2) is 18.2 Å². The second kappa shape index (κ2) is 5.48. The maximum atomic E-state index is 11.3. The number of amides is 1. The molecule has 6 heteroatoms. The van der Waals surface area contributed by atoms with E-state index in [0.717, 1.165) is 11.3 Å². The Morgan fingerprint density at radius 3 is 3.00 bits per heavy atom. The van der Waals surface area contributed by atoms with Gasteiger partial charge in [-0.25, -0.2) is 4.52 Å². The van der Waals surface area contributed by atoms with E-state index in [1.165, 1.54) is 0 Å². The lowest BCUT2D eigenvalue weighted by Gasteiger charge is -2.02. The molecule has 0 aliphatic heterocycles.